The summed E-state index contributed by atoms with van der Waals surface area (Å²) in [6.07, 6.45) is 12.3. The highest BCUT2D eigenvalue weighted by Gasteiger charge is 2.17. The second kappa shape index (κ2) is 7.80. The number of likely N-dealkylation sites (N-methyl/N-ethyl adjacent to an activating group) is 1. The standard InChI is InChI=1S/C18H30N2/c1-15-5-4-6-16(2)18(15)8-7-17-9-12-20(13-10-17)14-11-19-3/h5,7-8,17,19H,4,6,9-14H2,1-3H3/b8-7+. The minimum absolute atomic E-state index is 0.774. The van der Waals surface area contributed by atoms with Crippen molar-refractivity contribution in [3.05, 3.63) is 34.9 Å². The van der Waals surface area contributed by atoms with Crippen LogP contribution >= 0.6 is 0 Å². The molecule has 0 atom stereocenters. The van der Waals surface area contributed by atoms with E-state index in [2.05, 4.69) is 42.3 Å². The van der Waals surface area contributed by atoms with E-state index in [-0.39, 0.29) is 0 Å². The molecule has 1 aliphatic heterocycles. The second-order valence-corrected chi connectivity index (χ2v) is 6.26. The molecule has 112 valence electrons. The highest BCUT2D eigenvalue weighted by Crippen LogP contribution is 2.27. The molecule has 2 heteroatoms. The Morgan fingerprint density at radius 1 is 1.30 bits per heavy atom. The van der Waals surface area contributed by atoms with Crippen LogP contribution in [0.2, 0.25) is 0 Å². The predicted molar refractivity (Wildman–Crippen MR) is 87.9 cm³/mol. The molecule has 1 saturated heterocycles. The lowest BCUT2D eigenvalue weighted by Crippen LogP contribution is -2.37. The predicted octanol–water partition coefficient (Wildman–Crippen LogP) is 3.53. The van der Waals surface area contributed by atoms with E-state index in [1.54, 1.807) is 5.57 Å². The number of piperidine rings is 1. The molecule has 20 heavy (non-hydrogen) atoms. The third-order valence-corrected chi connectivity index (χ3v) is 4.70. The first-order chi connectivity index (χ1) is 9.70. The van der Waals surface area contributed by atoms with Crippen molar-refractivity contribution in [2.45, 2.75) is 39.5 Å². The van der Waals surface area contributed by atoms with Crippen LogP contribution in [0.4, 0.5) is 0 Å². The third-order valence-electron chi connectivity index (χ3n) is 4.70. The van der Waals surface area contributed by atoms with E-state index in [0.717, 1.165) is 12.5 Å². The summed E-state index contributed by atoms with van der Waals surface area (Å²) in [5.74, 6) is 0.774. The molecule has 0 bridgehead atoms. The van der Waals surface area contributed by atoms with Crippen LogP contribution in [0.3, 0.4) is 0 Å². The van der Waals surface area contributed by atoms with Gasteiger partial charge in [0.25, 0.3) is 0 Å². The fraction of sp³-hybridized carbons (Fsp3) is 0.667. The zero-order valence-corrected chi connectivity index (χ0v) is 13.4. The monoisotopic (exact) mass is 274 g/mol. The maximum Gasteiger partial charge on any atom is 0.0107 e. The van der Waals surface area contributed by atoms with Crippen molar-refractivity contribution in [1.82, 2.24) is 10.2 Å². The van der Waals surface area contributed by atoms with E-state index in [4.69, 9.17) is 0 Å². The normalized spacial score (nSPS) is 22.6. The number of nitrogens with zero attached hydrogens (tertiary/aromatic N) is 1. The quantitative estimate of drug-likeness (QED) is 0.825. The fourth-order valence-electron chi connectivity index (χ4n) is 3.23. The Labute approximate surface area is 124 Å². The van der Waals surface area contributed by atoms with Gasteiger partial charge in [-0.25, -0.2) is 0 Å². The molecular weight excluding hydrogens is 244 g/mol. The van der Waals surface area contributed by atoms with Crippen LogP contribution in [-0.2, 0) is 0 Å². The van der Waals surface area contributed by atoms with Crippen molar-refractivity contribution in [3.63, 3.8) is 0 Å². The molecule has 0 aromatic rings. The van der Waals surface area contributed by atoms with Gasteiger partial charge in [0.2, 0.25) is 0 Å². The van der Waals surface area contributed by atoms with Crippen LogP contribution in [0.5, 0.6) is 0 Å². The van der Waals surface area contributed by atoms with Gasteiger partial charge in [-0.3, -0.25) is 0 Å². The zero-order chi connectivity index (χ0) is 14.4. The molecule has 1 heterocycles. The highest BCUT2D eigenvalue weighted by atomic mass is 15.1. The molecule has 2 aliphatic rings. The van der Waals surface area contributed by atoms with Crippen LogP contribution in [0.15, 0.2) is 34.9 Å². The van der Waals surface area contributed by atoms with E-state index in [9.17, 15) is 0 Å². The lowest BCUT2D eigenvalue weighted by Gasteiger charge is -2.30. The first kappa shape index (κ1) is 15.5. The van der Waals surface area contributed by atoms with Gasteiger partial charge in [0.1, 0.15) is 0 Å². The molecule has 1 N–H and O–H groups in total. The molecule has 0 spiro atoms. The Morgan fingerprint density at radius 3 is 2.70 bits per heavy atom. The lowest BCUT2D eigenvalue weighted by atomic mass is 9.90. The van der Waals surface area contributed by atoms with Gasteiger partial charge >= 0.3 is 0 Å². The molecule has 0 radical (unpaired) electrons. The molecule has 1 fully saturated rings. The number of likely N-dealkylation sites (tertiary alicyclic amines) is 1. The number of rotatable bonds is 5. The number of nitrogens with one attached hydrogen (secondary N) is 1. The van der Waals surface area contributed by atoms with Gasteiger partial charge in [-0.1, -0.05) is 23.8 Å². The maximum atomic E-state index is 3.24. The largest absolute Gasteiger partial charge is 0.318 e. The molecule has 0 aromatic heterocycles. The first-order valence-electron chi connectivity index (χ1n) is 8.12. The Balaban J connectivity index is 1.83. The number of hydrogen-bond acceptors (Lipinski definition) is 2. The summed E-state index contributed by atoms with van der Waals surface area (Å²) in [4.78, 5) is 2.58. The lowest BCUT2D eigenvalue weighted by molar-refractivity contribution is 0.205. The van der Waals surface area contributed by atoms with Crippen molar-refractivity contribution in [2.75, 3.05) is 33.2 Å². The van der Waals surface area contributed by atoms with Gasteiger partial charge in [0.15, 0.2) is 0 Å². The molecule has 0 aromatic carbocycles. The highest BCUT2D eigenvalue weighted by molar-refractivity contribution is 5.44. The third kappa shape index (κ3) is 4.32. The Bertz CT molecular complexity index is 396. The molecule has 2 nitrogen and oxygen atoms in total. The first-order valence-corrected chi connectivity index (χ1v) is 8.12. The molecular formula is C18H30N2. The number of hydrogen-bond donors (Lipinski definition) is 1. The smallest absolute Gasteiger partial charge is 0.0107 e. The Morgan fingerprint density at radius 2 is 2.05 bits per heavy atom. The summed E-state index contributed by atoms with van der Waals surface area (Å²) in [7, 11) is 2.03. The average molecular weight is 274 g/mol. The van der Waals surface area contributed by atoms with Crippen LogP contribution in [0, 0.1) is 5.92 Å². The SMILES string of the molecule is CNCCN1CCC(/C=C/C2=C(C)CCC=C2C)CC1. The Kier molecular flexibility index (Phi) is 6.06. The van der Waals surface area contributed by atoms with Crippen molar-refractivity contribution < 1.29 is 0 Å². The van der Waals surface area contributed by atoms with Crippen LogP contribution in [-0.4, -0.2) is 38.1 Å². The fourth-order valence-corrected chi connectivity index (χ4v) is 3.23. The van der Waals surface area contributed by atoms with Gasteiger partial charge in [-0.15, -0.1) is 0 Å². The van der Waals surface area contributed by atoms with E-state index >= 15 is 0 Å². The molecule has 0 saturated carbocycles. The average Bonchev–Trinajstić information content (AvgIpc) is 2.46. The van der Waals surface area contributed by atoms with E-state index in [0.29, 0.717) is 0 Å². The summed E-state index contributed by atoms with van der Waals surface area (Å²) in [6, 6.07) is 0. The van der Waals surface area contributed by atoms with Crippen LogP contribution < -0.4 is 5.32 Å². The summed E-state index contributed by atoms with van der Waals surface area (Å²) in [5.41, 5.74) is 4.53. The van der Waals surface area contributed by atoms with Gasteiger partial charge in [0, 0.05) is 13.1 Å². The van der Waals surface area contributed by atoms with Gasteiger partial charge < -0.3 is 10.2 Å². The molecule has 0 amide bonds. The summed E-state index contributed by atoms with van der Waals surface area (Å²) in [6.45, 7) is 9.35. The van der Waals surface area contributed by atoms with Crippen molar-refractivity contribution in [1.29, 1.82) is 0 Å². The second-order valence-electron chi connectivity index (χ2n) is 6.26. The minimum atomic E-state index is 0.774. The van der Waals surface area contributed by atoms with Gasteiger partial charge in [-0.2, -0.15) is 0 Å². The molecule has 1 aliphatic carbocycles. The summed E-state index contributed by atoms with van der Waals surface area (Å²) < 4.78 is 0. The molecule has 0 unspecified atom stereocenters. The maximum absolute atomic E-state index is 3.24. The van der Waals surface area contributed by atoms with E-state index in [1.807, 2.05) is 7.05 Å². The number of allylic oxidation sites excluding steroid dienone is 6. The Hall–Kier alpha value is -0.860. The van der Waals surface area contributed by atoms with Gasteiger partial charge in [-0.05, 0) is 76.7 Å². The van der Waals surface area contributed by atoms with Crippen molar-refractivity contribution >= 4 is 0 Å². The van der Waals surface area contributed by atoms with E-state index in [1.165, 1.54) is 56.5 Å². The summed E-state index contributed by atoms with van der Waals surface area (Å²) in [5, 5.41) is 3.24. The van der Waals surface area contributed by atoms with Gasteiger partial charge in [0.05, 0.1) is 0 Å². The van der Waals surface area contributed by atoms with Crippen LogP contribution in [0.25, 0.3) is 0 Å². The van der Waals surface area contributed by atoms with Crippen LogP contribution in [0.1, 0.15) is 39.5 Å². The summed E-state index contributed by atoms with van der Waals surface area (Å²) >= 11 is 0. The molecule has 2 rings (SSSR count). The van der Waals surface area contributed by atoms with Crippen molar-refractivity contribution in [3.8, 4) is 0 Å². The minimum Gasteiger partial charge on any atom is -0.318 e. The van der Waals surface area contributed by atoms with Crippen molar-refractivity contribution in [2.24, 2.45) is 5.92 Å². The zero-order valence-electron chi connectivity index (χ0n) is 13.4. The van der Waals surface area contributed by atoms with E-state index < -0.39 is 0 Å². The topological polar surface area (TPSA) is 15.3 Å².